The fourth-order valence-electron chi connectivity index (χ4n) is 3.55. The molecule has 0 unspecified atom stereocenters. The second-order valence-corrected chi connectivity index (χ2v) is 8.21. The lowest BCUT2D eigenvalue weighted by Gasteiger charge is -2.32. The molecule has 0 amide bonds. The average molecular weight is 429 g/mol. The van der Waals surface area contributed by atoms with Gasteiger partial charge in [0.05, 0.1) is 13.2 Å². The molecule has 0 radical (unpaired) electrons. The van der Waals surface area contributed by atoms with E-state index >= 15 is 0 Å². The van der Waals surface area contributed by atoms with E-state index < -0.39 is 5.79 Å². The molecule has 2 rings (SSSR count). The molecule has 5 heteroatoms. The molecule has 0 atom stereocenters. The maximum absolute atomic E-state index is 12.4. The number of hydrogen-bond acceptors (Lipinski definition) is 4. The van der Waals surface area contributed by atoms with Crippen molar-refractivity contribution in [3.8, 4) is 0 Å². The maximum atomic E-state index is 12.4. The highest BCUT2D eigenvalue weighted by Gasteiger charge is 2.32. The van der Waals surface area contributed by atoms with Crippen LogP contribution in [0.3, 0.4) is 0 Å². The summed E-state index contributed by atoms with van der Waals surface area (Å²) in [6.07, 6.45) is 18.0. The molecule has 0 aliphatic heterocycles. The number of rotatable bonds is 16. The Labute approximate surface area is 188 Å². The smallest absolute Gasteiger partial charge is 0.241 e. The molecule has 172 valence electrons. The third kappa shape index (κ3) is 9.79. The zero-order valence-corrected chi connectivity index (χ0v) is 19.4. The van der Waals surface area contributed by atoms with E-state index in [0.717, 1.165) is 12.8 Å². The second kappa shape index (κ2) is 14.9. The highest BCUT2D eigenvalue weighted by molar-refractivity contribution is 5.34. The molecule has 0 saturated heterocycles. The summed E-state index contributed by atoms with van der Waals surface area (Å²) in [6.45, 7) is 5.78. The van der Waals surface area contributed by atoms with Crippen LogP contribution >= 0.6 is 0 Å². The van der Waals surface area contributed by atoms with Crippen LogP contribution in [0.4, 0.5) is 5.69 Å². The van der Waals surface area contributed by atoms with E-state index in [9.17, 15) is 5.21 Å². The van der Waals surface area contributed by atoms with Gasteiger partial charge in [-0.1, -0.05) is 88.3 Å². The molecule has 5 nitrogen and oxygen atoms in total. The molecule has 1 aromatic carbocycles. The summed E-state index contributed by atoms with van der Waals surface area (Å²) < 4.78 is 12.4. The zero-order chi connectivity index (χ0) is 22.2. The van der Waals surface area contributed by atoms with E-state index in [2.05, 4.69) is 19.0 Å². The standard InChI is InChI=1S/C26H40N2O3/c1-3-5-7-9-14-22-30-26(31-23-15-10-8-6-4-2)20-18-25(19-21-26)28(29)27-24-16-12-11-13-17-24/h11-13,16-20H,3-10,14-15,21-23H2,1-2H3. The van der Waals surface area contributed by atoms with Gasteiger partial charge < -0.3 is 14.7 Å². The Morgan fingerprint density at radius 1 is 0.871 bits per heavy atom. The number of azo groups is 1. The Balaban J connectivity index is 1.92. The quantitative estimate of drug-likeness (QED) is 0.0887. The van der Waals surface area contributed by atoms with E-state index in [1.54, 1.807) is 6.08 Å². The minimum atomic E-state index is -0.771. The number of hydrogen-bond donors (Lipinski definition) is 0. The molecule has 0 N–H and O–H groups in total. The molecule has 1 aliphatic rings. The van der Waals surface area contributed by atoms with Crippen LogP contribution < -0.4 is 0 Å². The first-order valence-electron chi connectivity index (χ1n) is 12.1. The third-order valence-corrected chi connectivity index (χ3v) is 5.48. The van der Waals surface area contributed by atoms with Gasteiger partial charge in [-0.25, -0.2) is 0 Å². The lowest BCUT2D eigenvalue weighted by molar-refractivity contribution is -0.468. The molecule has 0 spiro atoms. The van der Waals surface area contributed by atoms with Crippen molar-refractivity contribution in [2.45, 2.75) is 90.3 Å². The second-order valence-electron chi connectivity index (χ2n) is 8.21. The van der Waals surface area contributed by atoms with Crippen molar-refractivity contribution in [3.63, 3.8) is 0 Å². The summed E-state index contributed by atoms with van der Waals surface area (Å²) >= 11 is 0. The highest BCUT2D eigenvalue weighted by Crippen LogP contribution is 2.28. The Morgan fingerprint density at radius 3 is 1.97 bits per heavy atom. The van der Waals surface area contributed by atoms with Crippen LogP contribution in [0, 0.1) is 5.21 Å². The van der Waals surface area contributed by atoms with Gasteiger partial charge in [0.15, 0.2) is 5.79 Å². The predicted molar refractivity (Wildman–Crippen MR) is 126 cm³/mol. The Bertz CT molecular complexity index is 682. The van der Waals surface area contributed by atoms with Gasteiger partial charge in [-0.15, -0.1) is 0 Å². The van der Waals surface area contributed by atoms with E-state index in [4.69, 9.17) is 9.47 Å². The Kier molecular flexibility index (Phi) is 12.2. The molecule has 31 heavy (non-hydrogen) atoms. The minimum absolute atomic E-state index is 0.512. The largest absolute Gasteiger partial charge is 0.594 e. The maximum Gasteiger partial charge on any atom is 0.241 e. The zero-order valence-electron chi connectivity index (χ0n) is 19.4. The lowest BCUT2D eigenvalue weighted by Crippen LogP contribution is -2.36. The first-order valence-corrected chi connectivity index (χ1v) is 12.1. The van der Waals surface area contributed by atoms with Crippen molar-refractivity contribution in [1.82, 2.24) is 0 Å². The number of nitrogens with zero attached hydrogens (tertiary/aromatic N) is 2. The SMILES string of the molecule is CCCCCCCOC1(OCCCCCCC)C=CC([N+]([O-])=Nc2ccccc2)=CC1. The van der Waals surface area contributed by atoms with Gasteiger partial charge in [0, 0.05) is 17.6 Å². The van der Waals surface area contributed by atoms with Gasteiger partial charge in [0.25, 0.3) is 0 Å². The van der Waals surface area contributed by atoms with Crippen molar-refractivity contribution in [3.05, 3.63) is 59.5 Å². The van der Waals surface area contributed by atoms with Crippen molar-refractivity contribution >= 4 is 5.69 Å². The third-order valence-electron chi connectivity index (χ3n) is 5.48. The molecule has 1 aliphatic carbocycles. The fraction of sp³-hybridized carbons (Fsp3) is 0.615. The molecular formula is C26H40N2O3. The first kappa shape index (κ1) is 25.3. The van der Waals surface area contributed by atoms with Gasteiger partial charge in [-0.3, -0.25) is 0 Å². The molecule has 0 heterocycles. The van der Waals surface area contributed by atoms with Crippen LogP contribution in [-0.4, -0.2) is 23.9 Å². The van der Waals surface area contributed by atoms with Crippen LogP contribution in [0.15, 0.2) is 59.4 Å². The molecule has 0 fully saturated rings. The van der Waals surface area contributed by atoms with E-state index in [-0.39, 0.29) is 0 Å². The summed E-state index contributed by atoms with van der Waals surface area (Å²) in [5, 5.41) is 16.6. The fourth-order valence-corrected chi connectivity index (χ4v) is 3.55. The van der Waals surface area contributed by atoms with Crippen LogP contribution in [0.5, 0.6) is 0 Å². The van der Waals surface area contributed by atoms with Gasteiger partial charge in [0.2, 0.25) is 5.70 Å². The van der Waals surface area contributed by atoms with Crippen molar-refractivity contribution in [2.75, 3.05) is 13.2 Å². The molecule has 0 saturated carbocycles. The van der Waals surface area contributed by atoms with Crippen molar-refractivity contribution < 1.29 is 14.3 Å². The summed E-state index contributed by atoms with van der Waals surface area (Å²) in [4.78, 5) is 0.672. The van der Waals surface area contributed by atoms with Gasteiger partial charge in [-0.05, 0) is 37.1 Å². The van der Waals surface area contributed by atoms with Crippen LogP contribution in [0.2, 0.25) is 0 Å². The van der Waals surface area contributed by atoms with E-state index in [1.165, 1.54) is 51.4 Å². The predicted octanol–water partition coefficient (Wildman–Crippen LogP) is 7.79. The summed E-state index contributed by atoms with van der Waals surface area (Å²) in [6, 6.07) is 9.26. The summed E-state index contributed by atoms with van der Waals surface area (Å²) in [7, 11) is 0. The lowest BCUT2D eigenvalue weighted by atomic mass is 10.1. The van der Waals surface area contributed by atoms with Crippen LogP contribution in [-0.2, 0) is 9.47 Å². The Morgan fingerprint density at radius 2 is 1.45 bits per heavy atom. The van der Waals surface area contributed by atoms with E-state index in [1.807, 2.05) is 42.5 Å². The summed E-state index contributed by atoms with van der Waals surface area (Å²) in [5.41, 5.74) is 1.15. The van der Waals surface area contributed by atoms with Crippen molar-refractivity contribution in [1.29, 1.82) is 0 Å². The van der Waals surface area contributed by atoms with Crippen molar-refractivity contribution in [2.24, 2.45) is 5.11 Å². The molecule has 0 bridgehead atoms. The van der Waals surface area contributed by atoms with Gasteiger partial charge in [0.1, 0.15) is 5.69 Å². The molecular weight excluding hydrogens is 388 g/mol. The Hall–Kier alpha value is -1.98. The number of allylic oxidation sites excluding steroid dienone is 1. The molecule has 1 aromatic rings. The summed E-state index contributed by atoms with van der Waals surface area (Å²) in [5.74, 6) is -0.771. The number of unbranched alkanes of at least 4 members (excludes halogenated alkanes) is 8. The number of hydroxylamine groups is 1. The topological polar surface area (TPSA) is 56.9 Å². The first-order chi connectivity index (χ1) is 15.2. The molecule has 0 aromatic heterocycles. The number of benzene rings is 1. The normalized spacial score (nSPS) is 15.8. The highest BCUT2D eigenvalue weighted by atomic mass is 16.7. The average Bonchev–Trinajstić information content (AvgIpc) is 2.80. The van der Waals surface area contributed by atoms with Gasteiger partial charge >= 0.3 is 0 Å². The monoisotopic (exact) mass is 428 g/mol. The minimum Gasteiger partial charge on any atom is -0.594 e. The van der Waals surface area contributed by atoms with Crippen LogP contribution in [0.1, 0.15) is 84.5 Å². The van der Waals surface area contributed by atoms with Gasteiger partial charge in [-0.2, -0.15) is 0 Å². The number of ether oxygens (including phenoxy) is 2. The van der Waals surface area contributed by atoms with E-state index in [0.29, 0.717) is 35.9 Å². The van der Waals surface area contributed by atoms with Crippen LogP contribution in [0.25, 0.3) is 0 Å².